The number of benzene rings is 3. The van der Waals surface area contributed by atoms with Gasteiger partial charge in [-0.05, 0) is 60.1 Å². The molecule has 204 valence electrons. The molecule has 41 heavy (non-hydrogen) atoms. The van der Waals surface area contributed by atoms with Crippen LogP contribution in [0.25, 0.3) is 16.5 Å². The third-order valence-electron chi connectivity index (χ3n) is 7.26. The molecule has 1 aliphatic rings. The minimum atomic E-state index is -0.415. The highest BCUT2D eigenvalue weighted by atomic mass is 32.1. The molecular weight excluding hydrogens is 536 g/mol. The highest BCUT2D eigenvalue weighted by Gasteiger charge is 2.41. The van der Waals surface area contributed by atoms with Crippen LogP contribution < -0.4 is 10.6 Å². The van der Waals surface area contributed by atoms with E-state index in [0.717, 1.165) is 33.5 Å². The van der Waals surface area contributed by atoms with E-state index in [4.69, 9.17) is 12.2 Å². The van der Waals surface area contributed by atoms with E-state index in [2.05, 4.69) is 15.6 Å². The second kappa shape index (κ2) is 11.2. The smallest absolute Gasteiger partial charge is 0.269 e. The molecule has 0 unspecified atom stereocenters. The summed E-state index contributed by atoms with van der Waals surface area (Å²) in [4.78, 5) is 30.6. The Kier molecular flexibility index (Phi) is 7.13. The third kappa shape index (κ3) is 5.24. The maximum absolute atomic E-state index is 13.2. The monoisotopic (exact) mass is 562 g/mol. The first-order chi connectivity index (χ1) is 20.0. The van der Waals surface area contributed by atoms with E-state index in [9.17, 15) is 14.9 Å². The highest BCUT2D eigenvalue weighted by Crippen LogP contribution is 2.39. The Labute approximate surface area is 241 Å². The van der Waals surface area contributed by atoms with Gasteiger partial charge in [-0.2, -0.15) is 0 Å². The first kappa shape index (κ1) is 26.1. The molecule has 10 heteroatoms. The van der Waals surface area contributed by atoms with Crippen LogP contribution in [0.4, 0.5) is 11.4 Å². The van der Waals surface area contributed by atoms with Gasteiger partial charge >= 0.3 is 0 Å². The molecular formula is C31H26N6O3S. The first-order valence-electron chi connectivity index (χ1n) is 13.2. The van der Waals surface area contributed by atoms with Crippen LogP contribution in [-0.4, -0.2) is 36.9 Å². The molecule has 0 aliphatic carbocycles. The number of non-ortho nitro benzene ring substituents is 1. The van der Waals surface area contributed by atoms with Crippen molar-refractivity contribution in [1.29, 1.82) is 0 Å². The first-order valence-corrected chi connectivity index (χ1v) is 13.6. The number of nitro groups is 1. The topological polar surface area (TPSA) is 105 Å². The summed E-state index contributed by atoms with van der Waals surface area (Å²) in [6.07, 6.45) is 3.88. The van der Waals surface area contributed by atoms with Crippen molar-refractivity contribution in [1.82, 2.24) is 19.8 Å². The molecule has 1 amide bonds. The van der Waals surface area contributed by atoms with Crippen LogP contribution >= 0.6 is 12.2 Å². The fourth-order valence-electron chi connectivity index (χ4n) is 5.34. The van der Waals surface area contributed by atoms with E-state index in [1.807, 2.05) is 88.5 Å². The maximum atomic E-state index is 13.2. The Hall–Kier alpha value is -5.09. The molecule has 2 N–H and O–H groups in total. The molecule has 0 radical (unpaired) electrons. The van der Waals surface area contributed by atoms with Crippen molar-refractivity contribution in [2.75, 3.05) is 11.9 Å². The fraction of sp³-hybridized carbons (Fsp3) is 0.129. The Morgan fingerprint density at radius 3 is 2.54 bits per heavy atom. The van der Waals surface area contributed by atoms with E-state index in [0.29, 0.717) is 11.7 Å². The molecule has 9 nitrogen and oxygen atoms in total. The van der Waals surface area contributed by atoms with Gasteiger partial charge in [-0.25, -0.2) is 0 Å². The van der Waals surface area contributed by atoms with Gasteiger partial charge in [0.15, 0.2) is 5.11 Å². The third-order valence-corrected chi connectivity index (χ3v) is 7.62. The van der Waals surface area contributed by atoms with Crippen molar-refractivity contribution < 1.29 is 9.72 Å². The zero-order chi connectivity index (χ0) is 28.3. The molecule has 5 aromatic rings. The summed E-state index contributed by atoms with van der Waals surface area (Å²) in [7, 11) is 0. The van der Waals surface area contributed by atoms with Crippen LogP contribution in [0.5, 0.6) is 0 Å². The van der Waals surface area contributed by atoms with Crippen molar-refractivity contribution in [3.8, 4) is 5.69 Å². The molecule has 3 heterocycles. The lowest BCUT2D eigenvalue weighted by Gasteiger charge is -2.29. The number of pyridine rings is 1. The maximum Gasteiger partial charge on any atom is 0.269 e. The summed E-state index contributed by atoms with van der Waals surface area (Å²) in [6.45, 7) is 0.377. The lowest BCUT2D eigenvalue weighted by molar-refractivity contribution is -0.384. The van der Waals surface area contributed by atoms with Gasteiger partial charge in [-0.3, -0.25) is 19.9 Å². The summed E-state index contributed by atoms with van der Waals surface area (Å²) in [5.41, 5.74) is 3.30. The largest absolute Gasteiger partial charge is 0.352 e. The number of hydrogen-bond acceptors (Lipinski definition) is 5. The van der Waals surface area contributed by atoms with E-state index in [1.54, 1.807) is 18.3 Å². The van der Waals surface area contributed by atoms with Crippen LogP contribution in [0, 0.1) is 10.1 Å². The molecule has 1 aliphatic heterocycles. The van der Waals surface area contributed by atoms with Gasteiger partial charge in [-0.1, -0.05) is 42.5 Å². The SMILES string of the molecule is O=C(CCN1C(=S)N[C@H](c2ccccn2)[C@@H]1c1cccn1-c1ccc([N+](=O)[O-])cc1)Nc1cccc2ccccc12. The Bertz CT molecular complexity index is 1730. The van der Waals surface area contributed by atoms with Crippen molar-refractivity contribution >= 4 is 45.4 Å². The van der Waals surface area contributed by atoms with Gasteiger partial charge < -0.3 is 20.1 Å². The fourth-order valence-corrected chi connectivity index (χ4v) is 5.67. The van der Waals surface area contributed by atoms with E-state index in [1.165, 1.54) is 12.1 Å². The number of anilines is 1. The molecule has 2 atom stereocenters. The highest BCUT2D eigenvalue weighted by molar-refractivity contribution is 7.80. The normalized spacial score (nSPS) is 16.5. The minimum Gasteiger partial charge on any atom is -0.352 e. The summed E-state index contributed by atoms with van der Waals surface area (Å²) in [5, 5.41) is 20.2. The van der Waals surface area contributed by atoms with Crippen molar-refractivity contribution in [2.24, 2.45) is 0 Å². The van der Waals surface area contributed by atoms with Gasteiger partial charge in [-0.15, -0.1) is 0 Å². The number of aromatic nitrogens is 2. The van der Waals surface area contributed by atoms with Crippen LogP contribution in [0.2, 0.25) is 0 Å². The van der Waals surface area contributed by atoms with Crippen molar-refractivity contribution in [3.05, 3.63) is 131 Å². The molecule has 2 aromatic heterocycles. The van der Waals surface area contributed by atoms with Crippen LogP contribution in [0.3, 0.4) is 0 Å². The van der Waals surface area contributed by atoms with Crippen LogP contribution in [0.15, 0.2) is 109 Å². The molecule has 3 aromatic carbocycles. The van der Waals surface area contributed by atoms with Gasteiger partial charge in [0.05, 0.1) is 22.7 Å². The van der Waals surface area contributed by atoms with Crippen molar-refractivity contribution in [3.63, 3.8) is 0 Å². The zero-order valence-electron chi connectivity index (χ0n) is 21.9. The average Bonchev–Trinajstić information content (AvgIpc) is 3.61. The minimum absolute atomic E-state index is 0.0244. The molecule has 0 spiro atoms. The summed E-state index contributed by atoms with van der Waals surface area (Å²) < 4.78 is 1.99. The van der Waals surface area contributed by atoms with Gasteiger partial charge in [0.1, 0.15) is 0 Å². The Morgan fingerprint density at radius 1 is 0.976 bits per heavy atom. The average molecular weight is 563 g/mol. The number of carbonyl (C=O) groups is 1. The summed E-state index contributed by atoms with van der Waals surface area (Å²) >= 11 is 5.79. The lowest BCUT2D eigenvalue weighted by atomic mass is 10.0. The van der Waals surface area contributed by atoms with Crippen LogP contribution in [-0.2, 0) is 4.79 Å². The molecule has 1 fully saturated rings. The van der Waals surface area contributed by atoms with Gasteiger partial charge in [0.2, 0.25) is 5.91 Å². The van der Waals surface area contributed by atoms with E-state index >= 15 is 0 Å². The summed E-state index contributed by atoms with van der Waals surface area (Å²) in [6, 6.07) is 29.3. The van der Waals surface area contributed by atoms with Crippen LogP contribution in [0.1, 0.15) is 29.9 Å². The number of nitro benzene ring substituents is 1. The van der Waals surface area contributed by atoms with E-state index < -0.39 is 4.92 Å². The van der Waals surface area contributed by atoms with Gasteiger partial charge in [0, 0.05) is 59.9 Å². The number of thiocarbonyl (C=S) groups is 1. The lowest BCUT2D eigenvalue weighted by Crippen LogP contribution is -2.33. The Morgan fingerprint density at radius 2 is 1.76 bits per heavy atom. The number of nitrogens with one attached hydrogen (secondary N) is 2. The predicted molar refractivity (Wildman–Crippen MR) is 162 cm³/mol. The number of carbonyl (C=O) groups excluding carboxylic acids is 1. The number of fused-ring (bicyclic) bond motifs is 1. The van der Waals surface area contributed by atoms with Gasteiger partial charge in [0.25, 0.3) is 5.69 Å². The number of nitrogens with zero attached hydrogens (tertiary/aromatic N) is 4. The quantitative estimate of drug-likeness (QED) is 0.137. The molecule has 1 saturated heterocycles. The van der Waals surface area contributed by atoms with Crippen molar-refractivity contribution in [2.45, 2.75) is 18.5 Å². The number of amides is 1. The summed E-state index contributed by atoms with van der Waals surface area (Å²) in [5.74, 6) is -0.116. The molecule has 6 rings (SSSR count). The number of hydrogen-bond donors (Lipinski definition) is 2. The number of rotatable bonds is 8. The Balaban J connectivity index is 1.29. The predicted octanol–water partition coefficient (Wildman–Crippen LogP) is 5.94. The second-order valence-corrected chi connectivity index (χ2v) is 10.1. The standard InChI is InChI=1S/C31H26N6O3S/c38-28(33-25-11-5-8-21-7-1-2-9-24(21)25)17-20-36-30(29(34-31(36)41)26-10-3-4-18-32-26)27-12-6-19-35(27)22-13-15-23(16-14-22)37(39)40/h1-16,18-19,29-30H,17,20H2,(H,33,38)(H,34,41)/t29-,30+/m1/s1. The van der Waals surface area contributed by atoms with E-state index in [-0.39, 0.29) is 30.1 Å². The second-order valence-electron chi connectivity index (χ2n) is 9.72. The zero-order valence-corrected chi connectivity index (χ0v) is 22.7. The molecule has 0 bridgehead atoms. The molecule has 0 saturated carbocycles.